The number of hydrogen-bond donors (Lipinski definition) is 2. The highest BCUT2D eigenvalue weighted by Gasteiger charge is 2.18. The van der Waals surface area contributed by atoms with E-state index >= 15 is 0 Å². The van der Waals surface area contributed by atoms with Gasteiger partial charge in [-0.05, 0) is 55.3 Å². The number of anilines is 1. The second kappa shape index (κ2) is 5.34. The summed E-state index contributed by atoms with van der Waals surface area (Å²) in [5.41, 5.74) is 1.48. The predicted molar refractivity (Wildman–Crippen MR) is 79.8 cm³/mol. The van der Waals surface area contributed by atoms with Gasteiger partial charge in [-0.15, -0.1) is 0 Å². The molecule has 0 bridgehead atoms. The summed E-state index contributed by atoms with van der Waals surface area (Å²) in [4.78, 5) is 0.135. The van der Waals surface area contributed by atoms with E-state index in [4.69, 9.17) is 11.6 Å². The number of halogens is 1. The van der Waals surface area contributed by atoms with Crippen LogP contribution < -0.4 is 4.72 Å². The van der Waals surface area contributed by atoms with E-state index in [1.165, 1.54) is 18.2 Å². The molecule has 106 valence electrons. The lowest BCUT2D eigenvalue weighted by atomic mass is 10.2. The number of phenolic OH excluding ortho intramolecular Hbond substituents is 1. The molecule has 2 aromatic rings. The van der Waals surface area contributed by atoms with Crippen LogP contribution in [-0.4, -0.2) is 13.5 Å². The number of phenols is 1. The average molecular weight is 312 g/mol. The third-order valence-electron chi connectivity index (χ3n) is 2.96. The van der Waals surface area contributed by atoms with Crippen LogP contribution >= 0.6 is 11.6 Å². The van der Waals surface area contributed by atoms with Gasteiger partial charge in [-0.3, -0.25) is 4.72 Å². The molecule has 0 aliphatic rings. The van der Waals surface area contributed by atoms with Crippen LogP contribution in [-0.2, 0) is 10.0 Å². The highest BCUT2D eigenvalue weighted by Crippen LogP contribution is 2.26. The lowest BCUT2D eigenvalue weighted by Gasteiger charge is -2.12. The quantitative estimate of drug-likeness (QED) is 0.853. The van der Waals surface area contributed by atoms with E-state index in [1.807, 2.05) is 0 Å². The summed E-state index contributed by atoms with van der Waals surface area (Å²) in [6.07, 6.45) is 0. The van der Waals surface area contributed by atoms with Crippen molar-refractivity contribution in [3.63, 3.8) is 0 Å². The zero-order chi connectivity index (χ0) is 14.9. The van der Waals surface area contributed by atoms with Crippen molar-refractivity contribution in [2.75, 3.05) is 4.72 Å². The summed E-state index contributed by atoms with van der Waals surface area (Å²) in [5, 5.41) is 9.84. The number of benzene rings is 2. The van der Waals surface area contributed by atoms with Crippen molar-refractivity contribution in [2.24, 2.45) is 0 Å². The Bertz CT molecular complexity index is 757. The number of aryl methyl sites for hydroxylation is 1. The lowest BCUT2D eigenvalue weighted by Crippen LogP contribution is -2.14. The zero-order valence-corrected chi connectivity index (χ0v) is 12.6. The van der Waals surface area contributed by atoms with Crippen molar-refractivity contribution in [2.45, 2.75) is 18.7 Å². The molecular weight excluding hydrogens is 298 g/mol. The number of nitrogens with one attached hydrogen (secondary N) is 1. The molecule has 0 aliphatic heterocycles. The van der Waals surface area contributed by atoms with E-state index in [0.717, 1.165) is 0 Å². The molecule has 0 amide bonds. The van der Waals surface area contributed by atoms with Gasteiger partial charge in [-0.2, -0.15) is 0 Å². The van der Waals surface area contributed by atoms with Crippen molar-refractivity contribution in [1.29, 1.82) is 0 Å². The van der Waals surface area contributed by atoms with E-state index in [2.05, 4.69) is 4.72 Å². The minimum Gasteiger partial charge on any atom is -0.508 e. The first-order chi connectivity index (χ1) is 9.31. The Morgan fingerprint density at radius 1 is 1.15 bits per heavy atom. The van der Waals surface area contributed by atoms with Crippen LogP contribution in [0.25, 0.3) is 0 Å². The second-order valence-corrected chi connectivity index (χ2v) is 6.53. The van der Waals surface area contributed by atoms with Crippen LogP contribution in [0.15, 0.2) is 41.3 Å². The molecule has 0 aliphatic carbocycles. The van der Waals surface area contributed by atoms with E-state index in [0.29, 0.717) is 21.8 Å². The van der Waals surface area contributed by atoms with Gasteiger partial charge in [0.25, 0.3) is 10.0 Å². The molecule has 0 spiro atoms. The second-order valence-electron chi connectivity index (χ2n) is 4.47. The van der Waals surface area contributed by atoms with Gasteiger partial charge in [0.05, 0.1) is 4.90 Å². The summed E-state index contributed by atoms with van der Waals surface area (Å²) in [7, 11) is -3.71. The van der Waals surface area contributed by atoms with Crippen molar-refractivity contribution >= 4 is 27.3 Å². The molecular formula is C14H14ClNO3S. The van der Waals surface area contributed by atoms with Gasteiger partial charge in [-0.1, -0.05) is 17.7 Å². The topological polar surface area (TPSA) is 66.4 Å². The van der Waals surface area contributed by atoms with Gasteiger partial charge in [0.15, 0.2) is 0 Å². The Hall–Kier alpha value is -1.72. The minimum absolute atomic E-state index is 0.117. The van der Waals surface area contributed by atoms with Gasteiger partial charge >= 0.3 is 0 Å². The Morgan fingerprint density at radius 3 is 2.50 bits per heavy atom. The van der Waals surface area contributed by atoms with Crippen LogP contribution in [0, 0.1) is 13.8 Å². The maximum absolute atomic E-state index is 12.3. The molecule has 0 heterocycles. The number of sulfonamides is 1. The Morgan fingerprint density at radius 2 is 1.85 bits per heavy atom. The average Bonchev–Trinajstić information content (AvgIpc) is 2.36. The Labute approximate surface area is 123 Å². The highest BCUT2D eigenvalue weighted by atomic mass is 35.5. The number of hydrogen-bond acceptors (Lipinski definition) is 3. The van der Waals surface area contributed by atoms with E-state index in [9.17, 15) is 13.5 Å². The normalized spacial score (nSPS) is 11.3. The monoisotopic (exact) mass is 311 g/mol. The first-order valence-corrected chi connectivity index (χ1v) is 7.75. The first kappa shape index (κ1) is 14.7. The van der Waals surface area contributed by atoms with Crippen molar-refractivity contribution < 1.29 is 13.5 Å². The van der Waals surface area contributed by atoms with Gasteiger partial charge in [0, 0.05) is 10.7 Å². The molecule has 0 saturated heterocycles. The zero-order valence-electron chi connectivity index (χ0n) is 11.0. The minimum atomic E-state index is -3.71. The van der Waals surface area contributed by atoms with Crippen LogP contribution in [0.1, 0.15) is 11.1 Å². The molecule has 0 radical (unpaired) electrons. The SMILES string of the molecule is Cc1cc(NS(=O)(=O)c2cccc(Cl)c2C)ccc1O. The number of aromatic hydroxyl groups is 1. The van der Waals surface area contributed by atoms with Crippen molar-refractivity contribution in [1.82, 2.24) is 0 Å². The van der Waals surface area contributed by atoms with Gasteiger partial charge in [0.1, 0.15) is 5.75 Å². The first-order valence-electron chi connectivity index (χ1n) is 5.89. The summed E-state index contributed by atoms with van der Waals surface area (Å²) < 4.78 is 27.2. The molecule has 4 nitrogen and oxygen atoms in total. The van der Waals surface area contributed by atoms with Crippen LogP contribution in [0.2, 0.25) is 5.02 Å². The summed E-state index contributed by atoms with van der Waals surface area (Å²) >= 11 is 5.94. The molecule has 2 N–H and O–H groups in total. The van der Waals surface area contributed by atoms with Crippen molar-refractivity contribution in [3.05, 3.63) is 52.5 Å². The van der Waals surface area contributed by atoms with Crippen LogP contribution in [0.4, 0.5) is 5.69 Å². The Kier molecular flexibility index (Phi) is 3.92. The molecule has 6 heteroatoms. The van der Waals surface area contributed by atoms with Crippen LogP contribution in [0.5, 0.6) is 5.75 Å². The van der Waals surface area contributed by atoms with E-state index < -0.39 is 10.0 Å². The number of rotatable bonds is 3. The molecule has 0 atom stereocenters. The smallest absolute Gasteiger partial charge is 0.262 e. The van der Waals surface area contributed by atoms with Gasteiger partial charge < -0.3 is 5.11 Å². The molecule has 0 unspecified atom stereocenters. The predicted octanol–water partition coefficient (Wildman–Crippen LogP) is 3.46. The van der Waals surface area contributed by atoms with Crippen LogP contribution in [0.3, 0.4) is 0 Å². The molecule has 2 rings (SSSR count). The van der Waals surface area contributed by atoms with Crippen molar-refractivity contribution in [3.8, 4) is 5.75 Å². The summed E-state index contributed by atoms with van der Waals surface area (Å²) in [5.74, 6) is 0.117. The van der Waals surface area contributed by atoms with E-state index in [1.54, 1.807) is 32.0 Å². The fraction of sp³-hybridized carbons (Fsp3) is 0.143. The highest BCUT2D eigenvalue weighted by molar-refractivity contribution is 7.92. The van der Waals surface area contributed by atoms with Gasteiger partial charge in [0.2, 0.25) is 0 Å². The fourth-order valence-corrected chi connectivity index (χ4v) is 3.36. The van der Waals surface area contributed by atoms with E-state index in [-0.39, 0.29) is 10.6 Å². The standard InChI is InChI=1S/C14H14ClNO3S/c1-9-8-11(6-7-13(9)17)16-20(18,19)14-5-3-4-12(15)10(14)2/h3-8,16-17H,1-2H3. The summed E-state index contributed by atoms with van der Waals surface area (Å²) in [6.45, 7) is 3.34. The van der Waals surface area contributed by atoms with Gasteiger partial charge in [-0.25, -0.2) is 8.42 Å². The maximum Gasteiger partial charge on any atom is 0.262 e. The molecule has 2 aromatic carbocycles. The largest absolute Gasteiger partial charge is 0.508 e. The lowest BCUT2D eigenvalue weighted by molar-refractivity contribution is 0.471. The molecule has 0 aromatic heterocycles. The molecule has 20 heavy (non-hydrogen) atoms. The fourth-order valence-electron chi connectivity index (χ4n) is 1.81. The summed E-state index contributed by atoms with van der Waals surface area (Å²) in [6, 6.07) is 9.23. The third kappa shape index (κ3) is 2.89. The maximum atomic E-state index is 12.3. The Balaban J connectivity index is 2.41. The molecule has 0 fully saturated rings. The third-order valence-corrected chi connectivity index (χ3v) is 4.89. The molecule has 0 saturated carbocycles.